The Bertz CT molecular complexity index is 1710. The van der Waals surface area contributed by atoms with Crippen LogP contribution in [0.2, 0.25) is 0 Å². The molecule has 0 saturated heterocycles. The first-order chi connectivity index (χ1) is 19.6. The number of rotatable bonds is 5. The van der Waals surface area contributed by atoms with E-state index in [1.807, 2.05) is 52.0 Å². The Balaban J connectivity index is 1.41. The van der Waals surface area contributed by atoms with Gasteiger partial charge in [0.2, 0.25) is 11.9 Å². The molecule has 1 unspecified atom stereocenters. The molecule has 0 bridgehead atoms. The topological polar surface area (TPSA) is 108 Å². The minimum Gasteiger partial charge on any atom is -0.487 e. The highest BCUT2D eigenvalue weighted by Crippen LogP contribution is 2.30. The second-order valence-corrected chi connectivity index (χ2v) is 12.2. The molecule has 11 heteroatoms. The maximum atomic E-state index is 14.1. The average molecular weight is 619 g/mol. The molecule has 1 aromatic carbocycles. The summed E-state index contributed by atoms with van der Waals surface area (Å²) in [5.41, 5.74) is 4.01. The molecule has 212 valence electrons. The molecular weight excluding hydrogens is 586 g/mol. The maximum Gasteiger partial charge on any atom is 0.265 e. The van der Waals surface area contributed by atoms with Crippen molar-refractivity contribution in [3.63, 3.8) is 0 Å². The number of ether oxygens (including phenoxy) is 1. The number of hydrogen-bond acceptors (Lipinski definition) is 7. The molecule has 2 aliphatic rings. The van der Waals surface area contributed by atoms with Crippen molar-refractivity contribution >= 4 is 21.8 Å². The molecule has 0 spiro atoms. The van der Waals surface area contributed by atoms with Crippen molar-refractivity contribution in [2.45, 2.75) is 72.6 Å². The predicted octanol–water partition coefficient (Wildman–Crippen LogP) is 4.66. The van der Waals surface area contributed by atoms with Gasteiger partial charge in [0.15, 0.2) is 5.75 Å². The molecule has 41 heavy (non-hydrogen) atoms. The van der Waals surface area contributed by atoms with Crippen molar-refractivity contribution < 1.29 is 9.53 Å². The van der Waals surface area contributed by atoms with E-state index in [2.05, 4.69) is 37.9 Å². The number of hydrogen-bond donors (Lipinski definition) is 0. The van der Waals surface area contributed by atoms with Crippen molar-refractivity contribution in [2.24, 2.45) is 5.92 Å². The summed E-state index contributed by atoms with van der Waals surface area (Å²) >= 11 is 3.50. The van der Waals surface area contributed by atoms with Gasteiger partial charge >= 0.3 is 0 Å². The van der Waals surface area contributed by atoms with Gasteiger partial charge in [-0.2, -0.15) is 5.10 Å². The summed E-state index contributed by atoms with van der Waals surface area (Å²) in [5, 5.41) is 4.60. The van der Waals surface area contributed by atoms with Crippen LogP contribution in [0.15, 0.2) is 45.9 Å². The molecule has 1 fully saturated rings. The molecule has 6 rings (SSSR count). The summed E-state index contributed by atoms with van der Waals surface area (Å²) in [4.78, 5) is 43.4. The molecule has 1 aliphatic carbocycles. The minimum atomic E-state index is -0.266. The fraction of sp³-hybridized carbons (Fsp3) is 0.400. The van der Waals surface area contributed by atoms with Gasteiger partial charge in [-0.1, -0.05) is 22.9 Å². The van der Waals surface area contributed by atoms with Crippen molar-refractivity contribution in [2.75, 3.05) is 0 Å². The Hall–Kier alpha value is -3.86. The summed E-state index contributed by atoms with van der Waals surface area (Å²) in [6, 6.07) is 7.28. The third-order valence-electron chi connectivity index (χ3n) is 7.91. The van der Waals surface area contributed by atoms with Crippen LogP contribution in [0.3, 0.4) is 0 Å². The van der Waals surface area contributed by atoms with Gasteiger partial charge in [-0.15, -0.1) is 0 Å². The first-order valence-electron chi connectivity index (χ1n) is 13.8. The zero-order valence-corrected chi connectivity index (χ0v) is 25.3. The second kappa shape index (κ2) is 10.5. The number of amides is 1. The lowest BCUT2D eigenvalue weighted by molar-refractivity contribution is 0.0652. The Morgan fingerprint density at radius 2 is 1.80 bits per heavy atom. The van der Waals surface area contributed by atoms with E-state index >= 15 is 0 Å². The van der Waals surface area contributed by atoms with E-state index in [4.69, 9.17) is 9.72 Å². The van der Waals surface area contributed by atoms with Gasteiger partial charge < -0.3 is 9.64 Å². The highest BCUT2D eigenvalue weighted by atomic mass is 79.9. The van der Waals surface area contributed by atoms with Crippen molar-refractivity contribution in [1.82, 2.24) is 34.2 Å². The quantitative estimate of drug-likeness (QED) is 0.320. The number of carbonyl (C=O) groups is 1. The van der Waals surface area contributed by atoms with Crippen LogP contribution in [-0.2, 0) is 13.0 Å². The molecule has 1 amide bonds. The highest BCUT2D eigenvalue weighted by Gasteiger charge is 2.33. The van der Waals surface area contributed by atoms with Crippen LogP contribution >= 0.6 is 15.9 Å². The average Bonchev–Trinajstić information content (AvgIpc) is 3.27. The summed E-state index contributed by atoms with van der Waals surface area (Å²) in [6.07, 6.45) is 5.76. The van der Waals surface area contributed by atoms with Crippen LogP contribution in [0.1, 0.15) is 65.3 Å². The molecule has 4 aromatic rings. The molecule has 0 radical (unpaired) electrons. The monoisotopic (exact) mass is 617 g/mol. The van der Waals surface area contributed by atoms with E-state index in [0.717, 1.165) is 34.3 Å². The number of aromatic nitrogens is 6. The Morgan fingerprint density at radius 3 is 2.44 bits per heavy atom. The molecule has 4 heterocycles. The summed E-state index contributed by atoms with van der Waals surface area (Å²) in [5.74, 6) is 1.61. The summed E-state index contributed by atoms with van der Waals surface area (Å²) < 4.78 is 9.97. The summed E-state index contributed by atoms with van der Waals surface area (Å²) in [6.45, 7) is 10.1. The van der Waals surface area contributed by atoms with Crippen LogP contribution in [0.4, 0.5) is 0 Å². The van der Waals surface area contributed by atoms with Gasteiger partial charge in [-0.3, -0.25) is 9.59 Å². The maximum absolute atomic E-state index is 14.1. The Labute approximate surface area is 246 Å². The molecule has 0 N–H and O–H groups in total. The number of fused-ring (bicyclic) bond motifs is 1. The van der Waals surface area contributed by atoms with E-state index < -0.39 is 0 Å². The van der Waals surface area contributed by atoms with Crippen LogP contribution in [0.5, 0.6) is 5.75 Å². The number of nitrogens with zero attached hydrogens (tertiary/aromatic N) is 7. The predicted molar refractivity (Wildman–Crippen MR) is 157 cm³/mol. The SMILES string of the molecule is Cc1cc(C)n(-c2nc3c(c(=O)n2-c2ncc(O[C@H]4C[C@@H](C)C4)cn2)CC(C)N(C(=O)c2ccc(Br)c(C)c2)C3)n1. The fourth-order valence-electron chi connectivity index (χ4n) is 5.62. The smallest absolute Gasteiger partial charge is 0.265 e. The zero-order valence-electron chi connectivity index (χ0n) is 23.8. The third kappa shape index (κ3) is 5.07. The van der Waals surface area contributed by atoms with Crippen molar-refractivity contribution in [1.29, 1.82) is 0 Å². The van der Waals surface area contributed by atoms with Gasteiger partial charge in [0, 0.05) is 27.3 Å². The lowest BCUT2D eigenvalue weighted by atomic mass is 9.84. The minimum absolute atomic E-state index is 0.0998. The number of carbonyl (C=O) groups excluding carboxylic acids is 1. The number of aryl methyl sites for hydroxylation is 3. The fourth-order valence-corrected chi connectivity index (χ4v) is 5.86. The number of halogens is 1. The number of benzene rings is 1. The van der Waals surface area contributed by atoms with Gasteiger partial charge in [0.25, 0.3) is 11.5 Å². The lowest BCUT2D eigenvalue weighted by Gasteiger charge is -2.34. The van der Waals surface area contributed by atoms with Gasteiger partial charge in [-0.05, 0) is 82.7 Å². The van der Waals surface area contributed by atoms with Gasteiger partial charge in [0.05, 0.1) is 36.4 Å². The van der Waals surface area contributed by atoms with E-state index in [-0.39, 0.29) is 42.1 Å². The molecule has 10 nitrogen and oxygen atoms in total. The third-order valence-corrected chi connectivity index (χ3v) is 8.80. The van der Waals surface area contributed by atoms with Gasteiger partial charge in [-0.25, -0.2) is 24.2 Å². The molecule has 1 aliphatic heterocycles. The van der Waals surface area contributed by atoms with E-state index in [9.17, 15) is 9.59 Å². The van der Waals surface area contributed by atoms with Crippen LogP contribution in [-0.4, -0.2) is 52.3 Å². The summed E-state index contributed by atoms with van der Waals surface area (Å²) in [7, 11) is 0. The highest BCUT2D eigenvalue weighted by molar-refractivity contribution is 9.10. The van der Waals surface area contributed by atoms with Crippen LogP contribution < -0.4 is 10.3 Å². The molecular formula is C30H32BrN7O3. The zero-order chi connectivity index (χ0) is 29.0. The molecule has 1 atom stereocenters. The van der Waals surface area contributed by atoms with Crippen molar-refractivity contribution in [3.05, 3.63) is 85.3 Å². The van der Waals surface area contributed by atoms with E-state index in [1.54, 1.807) is 22.0 Å². The Kier molecular flexibility index (Phi) is 7.01. The van der Waals surface area contributed by atoms with Gasteiger partial charge in [0.1, 0.15) is 0 Å². The first kappa shape index (κ1) is 27.3. The molecule has 3 aromatic heterocycles. The van der Waals surface area contributed by atoms with E-state index in [0.29, 0.717) is 34.9 Å². The van der Waals surface area contributed by atoms with Crippen molar-refractivity contribution in [3.8, 4) is 17.6 Å². The second-order valence-electron chi connectivity index (χ2n) is 11.3. The normalized spacial score (nSPS) is 20.0. The largest absolute Gasteiger partial charge is 0.487 e. The van der Waals surface area contributed by atoms with E-state index in [1.165, 1.54) is 4.57 Å². The lowest BCUT2D eigenvalue weighted by Crippen LogP contribution is -2.46. The first-order valence-corrected chi connectivity index (χ1v) is 14.6. The van der Waals surface area contributed by atoms with Crippen LogP contribution in [0, 0.1) is 26.7 Å². The Morgan fingerprint density at radius 1 is 1.07 bits per heavy atom. The standard InChI is InChI=1S/C30H32BrN7O3/c1-16-8-22(9-16)41-23-13-32-29(33-14-23)37-28(40)24-12-19(4)36(27(39)21-6-7-25(31)17(2)10-21)15-26(24)34-30(37)38-20(5)11-18(3)35-38/h6-7,10-11,13-14,16,19,22H,8-9,12,15H2,1-5H3/t16-,19?,22+. The van der Waals surface area contributed by atoms with Crippen LogP contribution in [0.25, 0.3) is 11.9 Å². The molecule has 1 saturated carbocycles.